The summed E-state index contributed by atoms with van der Waals surface area (Å²) >= 11 is 0. The Kier molecular flexibility index (Phi) is 6.47. The van der Waals surface area contributed by atoms with Crippen molar-refractivity contribution in [3.8, 4) is 0 Å². The van der Waals surface area contributed by atoms with Crippen molar-refractivity contribution in [1.82, 2.24) is 0 Å². The lowest BCUT2D eigenvalue weighted by Crippen LogP contribution is -1.87. The van der Waals surface area contributed by atoms with E-state index in [-0.39, 0.29) is 0 Å². The summed E-state index contributed by atoms with van der Waals surface area (Å²) in [5.74, 6) is 0. The molecule has 0 heterocycles. The third-order valence-electron chi connectivity index (χ3n) is 3.27. The van der Waals surface area contributed by atoms with Gasteiger partial charge in [-0.15, -0.1) is 0 Å². The molecule has 0 aromatic carbocycles. The first-order chi connectivity index (χ1) is 7.38. The quantitative estimate of drug-likeness (QED) is 0.466. The van der Waals surface area contributed by atoms with Gasteiger partial charge < -0.3 is 0 Å². The van der Waals surface area contributed by atoms with Gasteiger partial charge in [0, 0.05) is 0 Å². The van der Waals surface area contributed by atoms with Crippen molar-refractivity contribution in [1.29, 1.82) is 0 Å². The minimum Gasteiger partial charge on any atom is -0.0802 e. The highest BCUT2D eigenvalue weighted by atomic mass is 14.1. The molecule has 0 atom stereocenters. The van der Waals surface area contributed by atoms with Crippen molar-refractivity contribution in [3.05, 3.63) is 23.3 Å². The fraction of sp³-hybridized carbons (Fsp3) is 0.733. The summed E-state index contributed by atoms with van der Waals surface area (Å²) in [5.41, 5.74) is 3.40. The first-order valence-electron chi connectivity index (χ1n) is 6.76. The molecule has 0 bridgehead atoms. The Bertz CT molecular complexity index is 220. The summed E-state index contributed by atoms with van der Waals surface area (Å²) in [4.78, 5) is 0. The monoisotopic (exact) mass is 206 g/mol. The number of allylic oxidation sites excluding steroid dienone is 4. The first kappa shape index (κ1) is 12.5. The second-order valence-corrected chi connectivity index (χ2v) is 4.65. The van der Waals surface area contributed by atoms with E-state index in [1.54, 1.807) is 11.1 Å². The van der Waals surface area contributed by atoms with Crippen LogP contribution in [0.4, 0.5) is 0 Å². The minimum absolute atomic E-state index is 1.24. The maximum Gasteiger partial charge on any atom is -0.0130 e. The average Bonchev–Trinajstić information content (AvgIpc) is 2.69. The van der Waals surface area contributed by atoms with Crippen molar-refractivity contribution in [2.24, 2.45) is 0 Å². The lowest BCUT2D eigenvalue weighted by molar-refractivity contribution is 0.657. The molecule has 0 N–H and O–H groups in total. The molecule has 86 valence electrons. The number of rotatable bonds is 8. The Morgan fingerprint density at radius 3 is 2.47 bits per heavy atom. The smallest absolute Gasteiger partial charge is 0.0130 e. The molecule has 1 aliphatic rings. The molecular weight excluding hydrogens is 180 g/mol. The number of hydrogen-bond donors (Lipinski definition) is 0. The highest BCUT2D eigenvalue weighted by molar-refractivity contribution is 5.33. The Balaban J connectivity index is 2.25. The maximum absolute atomic E-state index is 2.37. The highest BCUT2D eigenvalue weighted by Gasteiger charge is 2.07. The Labute approximate surface area is 95.5 Å². The third-order valence-corrected chi connectivity index (χ3v) is 3.27. The summed E-state index contributed by atoms with van der Waals surface area (Å²) in [6.45, 7) is 4.56. The Morgan fingerprint density at radius 1 is 0.933 bits per heavy atom. The van der Waals surface area contributed by atoms with Crippen LogP contribution in [-0.2, 0) is 0 Å². The van der Waals surface area contributed by atoms with Gasteiger partial charge in [0.1, 0.15) is 0 Å². The van der Waals surface area contributed by atoms with E-state index in [2.05, 4.69) is 26.0 Å². The van der Waals surface area contributed by atoms with Gasteiger partial charge >= 0.3 is 0 Å². The van der Waals surface area contributed by atoms with Crippen LogP contribution in [-0.4, -0.2) is 0 Å². The van der Waals surface area contributed by atoms with Gasteiger partial charge in [-0.2, -0.15) is 0 Å². The zero-order valence-electron chi connectivity index (χ0n) is 10.5. The lowest BCUT2D eigenvalue weighted by Gasteiger charge is -2.06. The van der Waals surface area contributed by atoms with Crippen LogP contribution in [0.1, 0.15) is 71.6 Å². The minimum atomic E-state index is 1.24. The van der Waals surface area contributed by atoms with Crippen molar-refractivity contribution < 1.29 is 0 Å². The molecule has 0 radical (unpaired) electrons. The van der Waals surface area contributed by atoms with Crippen LogP contribution in [0.5, 0.6) is 0 Å². The maximum atomic E-state index is 2.37. The van der Waals surface area contributed by atoms with Crippen molar-refractivity contribution in [2.45, 2.75) is 71.6 Å². The molecule has 0 heteroatoms. The van der Waals surface area contributed by atoms with E-state index < -0.39 is 0 Å². The molecule has 0 nitrogen and oxygen atoms in total. The van der Waals surface area contributed by atoms with Crippen LogP contribution in [0, 0.1) is 0 Å². The summed E-state index contributed by atoms with van der Waals surface area (Å²) < 4.78 is 0. The van der Waals surface area contributed by atoms with Gasteiger partial charge in [0.05, 0.1) is 0 Å². The van der Waals surface area contributed by atoms with E-state index in [4.69, 9.17) is 0 Å². The molecule has 0 spiro atoms. The van der Waals surface area contributed by atoms with Gasteiger partial charge in [0.15, 0.2) is 0 Å². The van der Waals surface area contributed by atoms with Gasteiger partial charge in [-0.3, -0.25) is 0 Å². The van der Waals surface area contributed by atoms with Crippen molar-refractivity contribution in [2.75, 3.05) is 0 Å². The first-order valence-corrected chi connectivity index (χ1v) is 6.76. The molecule has 1 aliphatic carbocycles. The molecule has 0 aromatic rings. The molecule has 15 heavy (non-hydrogen) atoms. The fourth-order valence-corrected chi connectivity index (χ4v) is 2.25. The van der Waals surface area contributed by atoms with Crippen LogP contribution < -0.4 is 0 Å². The topological polar surface area (TPSA) is 0 Å². The van der Waals surface area contributed by atoms with Gasteiger partial charge in [-0.05, 0) is 37.7 Å². The molecule has 0 aliphatic heterocycles. The summed E-state index contributed by atoms with van der Waals surface area (Å²) in [7, 11) is 0. The van der Waals surface area contributed by atoms with E-state index in [0.29, 0.717) is 0 Å². The largest absolute Gasteiger partial charge is 0.0802 e. The standard InChI is InChI=1S/C15H26/c1-3-5-7-8-11-15-13-9-12-14(15)10-6-4-2/h9,12H,3-8,10-11,13H2,1-2H3. The zero-order valence-corrected chi connectivity index (χ0v) is 10.5. The second kappa shape index (κ2) is 7.73. The van der Waals surface area contributed by atoms with Gasteiger partial charge in [-0.25, -0.2) is 0 Å². The van der Waals surface area contributed by atoms with Crippen molar-refractivity contribution in [3.63, 3.8) is 0 Å². The number of unbranched alkanes of at least 4 members (excludes halogenated alkanes) is 4. The lowest BCUT2D eigenvalue weighted by atomic mass is 9.99. The van der Waals surface area contributed by atoms with E-state index in [0.717, 1.165) is 0 Å². The van der Waals surface area contributed by atoms with Gasteiger partial charge in [0.2, 0.25) is 0 Å². The van der Waals surface area contributed by atoms with Crippen LogP contribution in [0.25, 0.3) is 0 Å². The summed E-state index contributed by atoms with van der Waals surface area (Å²) in [5, 5.41) is 0. The van der Waals surface area contributed by atoms with E-state index in [9.17, 15) is 0 Å². The van der Waals surface area contributed by atoms with Crippen LogP contribution in [0.3, 0.4) is 0 Å². The van der Waals surface area contributed by atoms with Crippen LogP contribution in [0.15, 0.2) is 23.3 Å². The molecule has 0 unspecified atom stereocenters. The normalized spacial score (nSPS) is 15.3. The van der Waals surface area contributed by atoms with Crippen molar-refractivity contribution >= 4 is 0 Å². The molecular formula is C15H26. The fourth-order valence-electron chi connectivity index (χ4n) is 2.25. The van der Waals surface area contributed by atoms with Gasteiger partial charge in [0.25, 0.3) is 0 Å². The molecule has 1 rings (SSSR count). The molecule has 0 aromatic heterocycles. The summed E-state index contributed by atoms with van der Waals surface area (Å²) in [6.07, 6.45) is 16.9. The summed E-state index contributed by atoms with van der Waals surface area (Å²) in [6, 6.07) is 0. The Hall–Kier alpha value is -0.520. The number of hydrogen-bond acceptors (Lipinski definition) is 0. The second-order valence-electron chi connectivity index (χ2n) is 4.65. The SMILES string of the molecule is CCCCCCC1=C(CCCC)C=CC1. The van der Waals surface area contributed by atoms with Gasteiger partial charge in [-0.1, -0.05) is 57.3 Å². The molecule has 0 saturated heterocycles. The van der Waals surface area contributed by atoms with Crippen LogP contribution in [0.2, 0.25) is 0 Å². The van der Waals surface area contributed by atoms with Crippen LogP contribution >= 0.6 is 0 Å². The zero-order chi connectivity index (χ0) is 10.9. The molecule has 0 fully saturated rings. The Morgan fingerprint density at radius 2 is 1.73 bits per heavy atom. The molecule has 0 saturated carbocycles. The predicted molar refractivity (Wildman–Crippen MR) is 69.1 cm³/mol. The van der Waals surface area contributed by atoms with E-state index in [1.807, 2.05) is 0 Å². The third kappa shape index (κ3) is 4.68. The molecule has 0 amide bonds. The predicted octanol–water partition coefficient (Wildman–Crippen LogP) is 5.40. The van der Waals surface area contributed by atoms with E-state index >= 15 is 0 Å². The highest BCUT2D eigenvalue weighted by Crippen LogP contribution is 2.27. The van der Waals surface area contributed by atoms with E-state index in [1.165, 1.54) is 57.8 Å². The average molecular weight is 206 g/mol.